The molecule has 18 heavy (non-hydrogen) atoms. The van der Waals surface area contributed by atoms with Gasteiger partial charge in [-0.3, -0.25) is 4.90 Å². The molecule has 0 bridgehead atoms. The minimum atomic E-state index is 0.322. The van der Waals surface area contributed by atoms with Crippen LogP contribution in [0.3, 0.4) is 0 Å². The summed E-state index contributed by atoms with van der Waals surface area (Å²) in [6.45, 7) is 11.3. The van der Waals surface area contributed by atoms with Gasteiger partial charge in [-0.15, -0.1) is 0 Å². The Balaban J connectivity index is 1.85. The van der Waals surface area contributed by atoms with Crippen molar-refractivity contribution in [3.63, 3.8) is 0 Å². The Morgan fingerprint density at radius 2 is 2.17 bits per heavy atom. The van der Waals surface area contributed by atoms with Crippen molar-refractivity contribution in [3.8, 4) is 0 Å². The van der Waals surface area contributed by atoms with Crippen LogP contribution >= 0.6 is 0 Å². The quantitative estimate of drug-likeness (QED) is 0.883. The fourth-order valence-electron chi connectivity index (χ4n) is 2.74. The third kappa shape index (κ3) is 3.12. The van der Waals surface area contributed by atoms with E-state index in [2.05, 4.69) is 53.8 Å². The molecule has 0 amide bonds. The topological polar surface area (TPSA) is 33.1 Å². The molecule has 4 heteroatoms. The van der Waals surface area contributed by atoms with E-state index in [0.717, 1.165) is 26.2 Å². The minimum absolute atomic E-state index is 0.322. The molecule has 0 spiro atoms. The highest BCUT2D eigenvalue weighted by molar-refractivity contribution is 4.95. The molecular formula is C14H26N4. The smallest absolute Gasteiger partial charge is 0.122 e. The molecule has 1 unspecified atom stereocenters. The summed E-state index contributed by atoms with van der Waals surface area (Å²) < 4.78 is 2.26. The van der Waals surface area contributed by atoms with E-state index in [1.807, 2.05) is 6.20 Å². The zero-order valence-corrected chi connectivity index (χ0v) is 12.1. The normalized spacial score (nSPS) is 18.7. The van der Waals surface area contributed by atoms with Crippen LogP contribution in [0.4, 0.5) is 0 Å². The Hall–Kier alpha value is -0.870. The van der Waals surface area contributed by atoms with Gasteiger partial charge in [-0.05, 0) is 18.9 Å². The Bertz CT molecular complexity index is 377. The standard InChI is InChI=1S/C14H26N4/c1-14(2,3)12(15-4)5-7-17-9-10-18-8-6-16-13(18)11-17/h6,8,12,15H,5,7,9-11H2,1-4H3. The summed E-state index contributed by atoms with van der Waals surface area (Å²) in [5, 5.41) is 3.45. The molecule has 0 saturated carbocycles. The van der Waals surface area contributed by atoms with Gasteiger partial charge in [0.15, 0.2) is 0 Å². The Morgan fingerprint density at radius 3 is 2.83 bits per heavy atom. The molecule has 0 aromatic carbocycles. The molecule has 2 rings (SSSR count). The van der Waals surface area contributed by atoms with Crippen molar-refractivity contribution in [1.82, 2.24) is 19.8 Å². The van der Waals surface area contributed by atoms with Crippen molar-refractivity contribution in [2.45, 2.75) is 46.3 Å². The van der Waals surface area contributed by atoms with Crippen molar-refractivity contribution in [2.24, 2.45) is 5.41 Å². The van der Waals surface area contributed by atoms with Crippen LogP contribution in [0.25, 0.3) is 0 Å². The summed E-state index contributed by atoms with van der Waals surface area (Å²) in [5.74, 6) is 1.21. The first-order valence-corrected chi connectivity index (χ1v) is 6.90. The maximum atomic E-state index is 4.41. The first-order chi connectivity index (χ1) is 8.50. The number of nitrogens with zero attached hydrogens (tertiary/aromatic N) is 3. The van der Waals surface area contributed by atoms with Crippen LogP contribution in [0, 0.1) is 5.41 Å². The molecular weight excluding hydrogens is 224 g/mol. The number of fused-ring (bicyclic) bond motifs is 1. The van der Waals surface area contributed by atoms with Crippen molar-refractivity contribution >= 4 is 0 Å². The molecule has 1 aliphatic rings. The monoisotopic (exact) mass is 250 g/mol. The van der Waals surface area contributed by atoms with Gasteiger partial charge in [-0.1, -0.05) is 20.8 Å². The number of aromatic nitrogens is 2. The Kier molecular flexibility index (Phi) is 4.07. The fraction of sp³-hybridized carbons (Fsp3) is 0.786. The lowest BCUT2D eigenvalue weighted by atomic mass is 9.85. The van der Waals surface area contributed by atoms with Crippen LogP contribution in [0.2, 0.25) is 0 Å². The largest absolute Gasteiger partial charge is 0.333 e. The lowest BCUT2D eigenvalue weighted by molar-refractivity contribution is 0.180. The average Bonchev–Trinajstić information content (AvgIpc) is 2.75. The highest BCUT2D eigenvalue weighted by Crippen LogP contribution is 2.22. The zero-order chi connectivity index (χ0) is 13.2. The van der Waals surface area contributed by atoms with E-state index < -0.39 is 0 Å². The van der Waals surface area contributed by atoms with Gasteiger partial charge in [0.1, 0.15) is 5.82 Å². The van der Waals surface area contributed by atoms with Gasteiger partial charge in [-0.2, -0.15) is 0 Å². The van der Waals surface area contributed by atoms with Gasteiger partial charge in [0, 0.05) is 38.1 Å². The fourth-order valence-corrected chi connectivity index (χ4v) is 2.74. The number of hydrogen-bond acceptors (Lipinski definition) is 3. The van der Waals surface area contributed by atoms with Gasteiger partial charge in [0.2, 0.25) is 0 Å². The molecule has 0 fully saturated rings. The molecule has 1 aromatic rings. The summed E-state index contributed by atoms with van der Waals surface area (Å²) >= 11 is 0. The first-order valence-electron chi connectivity index (χ1n) is 6.90. The number of nitrogens with one attached hydrogen (secondary N) is 1. The second kappa shape index (κ2) is 5.41. The summed E-state index contributed by atoms with van der Waals surface area (Å²) in [6, 6.07) is 0.569. The molecule has 4 nitrogen and oxygen atoms in total. The predicted octanol–water partition coefficient (Wildman–Crippen LogP) is 1.72. The minimum Gasteiger partial charge on any atom is -0.333 e. The molecule has 1 atom stereocenters. The predicted molar refractivity (Wildman–Crippen MR) is 74.4 cm³/mol. The molecule has 1 aromatic heterocycles. The summed E-state index contributed by atoms with van der Waals surface area (Å²) in [4.78, 5) is 6.92. The van der Waals surface area contributed by atoms with E-state index in [4.69, 9.17) is 0 Å². The van der Waals surface area contributed by atoms with Gasteiger partial charge in [0.25, 0.3) is 0 Å². The van der Waals surface area contributed by atoms with E-state index in [1.54, 1.807) is 0 Å². The van der Waals surface area contributed by atoms with E-state index in [9.17, 15) is 0 Å². The second-order valence-corrected chi connectivity index (χ2v) is 6.31. The molecule has 0 saturated heterocycles. The SMILES string of the molecule is CNC(CCN1CCn2ccnc2C1)C(C)(C)C. The molecule has 0 aliphatic carbocycles. The number of rotatable bonds is 4. The van der Waals surface area contributed by atoms with E-state index in [-0.39, 0.29) is 0 Å². The summed E-state index contributed by atoms with van der Waals surface area (Å²) in [5.41, 5.74) is 0.322. The van der Waals surface area contributed by atoms with Gasteiger partial charge in [-0.25, -0.2) is 4.98 Å². The van der Waals surface area contributed by atoms with Crippen molar-refractivity contribution in [2.75, 3.05) is 20.1 Å². The van der Waals surface area contributed by atoms with Crippen molar-refractivity contribution in [1.29, 1.82) is 0 Å². The van der Waals surface area contributed by atoms with Crippen LogP contribution in [0.15, 0.2) is 12.4 Å². The van der Waals surface area contributed by atoms with E-state index >= 15 is 0 Å². The van der Waals surface area contributed by atoms with E-state index in [1.165, 1.54) is 12.2 Å². The maximum Gasteiger partial charge on any atom is 0.122 e. The zero-order valence-electron chi connectivity index (χ0n) is 12.1. The number of hydrogen-bond donors (Lipinski definition) is 1. The third-order valence-corrected chi connectivity index (χ3v) is 3.95. The molecule has 1 aliphatic heterocycles. The lowest BCUT2D eigenvalue weighted by Gasteiger charge is -2.34. The molecule has 0 radical (unpaired) electrons. The summed E-state index contributed by atoms with van der Waals surface area (Å²) in [6.07, 6.45) is 5.18. The molecule has 2 heterocycles. The second-order valence-electron chi connectivity index (χ2n) is 6.31. The average molecular weight is 250 g/mol. The van der Waals surface area contributed by atoms with Crippen LogP contribution in [-0.2, 0) is 13.1 Å². The Labute approximate surface area is 110 Å². The number of imidazole rings is 1. The molecule has 1 N–H and O–H groups in total. The Morgan fingerprint density at radius 1 is 1.39 bits per heavy atom. The van der Waals surface area contributed by atoms with Gasteiger partial charge in [0.05, 0.1) is 6.54 Å². The van der Waals surface area contributed by atoms with Crippen LogP contribution < -0.4 is 5.32 Å². The third-order valence-electron chi connectivity index (χ3n) is 3.95. The van der Waals surface area contributed by atoms with Crippen LogP contribution in [0.1, 0.15) is 33.0 Å². The maximum absolute atomic E-state index is 4.41. The first kappa shape index (κ1) is 13.6. The van der Waals surface area contributed by atoms with Crippen molar-refractivity contribution in [3.05, 3.63) is 18.2 Å². The van der Waals surface area contributed by atoms with Gasteiger partial charge >= 0.3 is 0 Å². The van der Waals surface area contributed by atoms with E-state index in [0.29, 0.717) is 11.5 Å². The van der Waals surface area contributed by atoms with Crippen LogP contribution in [-0.4, -0.2) is 40.6 Å². The van der Waals surface area contributed by atoms with Crippen LogP contribution in [0.5, 0.6) is 0 Å². The van der Waals surface area contributed by atoms with Crippen molar-refractivity contribution < 1.29 is 0 Å². The van der Waals surface area contributed by atoms with Gasteiger partial charge < -0.3 is 9.88 Å². The molecule has 102 valence electrons. The summed E-state index contributed by atoms with van der Waals surface area (Å²) in [7, 11) is 2.07. The highest BCUT2D eigenvalue weighted by atomic mass is 15.2. The highest BCUT2D eigenvalue weighted by Gasteiger charge is 2.24. The lowest BCUT2D eigenvalue weighted by Crippen LogP contribution is -2.42.